The third-order valence-corrected chi connectivity index (χ3v) is 1.85. The molecule has 1 aliphatic heterocycles. The standard InChI is InChI=1S/C6H10N4.ClH/c1-2-7-3-6(1)10-5-8-4-9-10;/h4-7H,1-3H2;1H. The maximum Gasteiger partial charge on any atom is 0.137 e. The van der Waals surface area contributed by atoms with Crippen molar-refractivity contribution in [1.82, 2.24) is 20.1 Å². The lowest BCUT2D eigenvalue weighted by atomic mass is 10.3. The van der Waals surface area contributed by atoms with Crippen molar-refractivity contribution >= 4 is 12.4 Å². The maximum atomic E-state index is 4.06. The molecule has 2 heterocycles. The van der Waals surface area contributed by atoms with E-state index in [2.05, 4.69) is 15.4 Å². The van der Waals surface area contributed by atoms with E-state index < -0.39 is 0 Å². The van der Waals surface area contributed by atoms with E-state index >= 15 is 0 Å². The second-order valence-corrected chi connectivity index (χ2v) is 2.52. The Kier molecular flexibility index (Phi) is 2.84. The van der Waals surface area contributed by atoms with Crippen LogP contribution in [0.2, 0.25) is 0 Å². The zero-order chi connectivity index (χ0) is 6.81. The van der Waals surface area contributed by atoms with Crippen molar-refractivity contribution in [3.05, 3.63) is 12.7 Å². The third-order valence-electron chi connectivity index (χ3n) is 1.85. The van der Waals surface area contributed by atoms with Crippen molar-refractivity contribution in [2.75, 3.05) is 13.1 Å². The smallest absolute Gasteiger partial charge is 0.137 e. The number of nitrogens with zero attached hydrogens (tertiary/aromatic N) is 3. The molecule has 4 nitrogen and oxygen atoms in total. The second kappa shape index (κ2) is 3.69. The Morgan fingerprint density at radius 3 is 3.00 bits per heavy atom. The molecule has 62 valence electrons. The monoisotopic (exact) mass is 174 g/mol. The fourth-order valence-electron chi connectivity index (χ4n) is 1.27. The second-order valence-electron chi connectivity index (χ2n) is 2.52. The zero-order valence-electron chi connectivity index (χ0n) is 6.10. The van der Waals surface area contributed by atoms with Crippen molar-refractivity contribution in [3.63, 3.8) is 0 Å². The molecule has 1 saturated heterocycles. The average molecular weight is 175 g/mol. The molecular weight excluding hydrogens is 164 g/mol. The van der Waals surface area contributed by atoms with E-state index in [0.29, 0.717) is 6.04 Å². The van der Waals surface area contributed by atoms with Gasteiger partial charge in [-0.25, -0.2) is 9.67 Å². The van der Waals surface area contributed by atoms with Crippen molar-refractivity contribution < 1.29 is 0 Å². The predicted molar refractivity (Wildman–Crippen MR) is 43.8 cm³/mol. The first-order valence-corrected chi connectivity index (χ1v) is 3.51. The molecule has 0 aromatic carbocycles. The molecule has 0 bridgehead atoms. The number of nitrogens with one attached hydrogen (secondary N) is 1. The first-order chi connectivity index (χ1) is 4.97. The fraction of sp³-hybridized carbons (Fsp3) is 0.667. The molecule has 0 spiro atoms. The van der Waals surface area contributed by atoms with Gasteiger partial charge in [0.15, 0.2) is 0 Å². The van der Waals surface area contributed by atoms with Crippen LogP contribution in [0.5, 0.6) is 0 Å². The Morgan fingerprint density at radius 2 is 2.45 bits per heavy atom. The van der Waals surface area contributed by atoms with E-state index in [0.717, 1.165) is 13.1 Å². The fourth-order valence-corrected chi connectivity index (χ4v) is 1.27. The Labute approximate surface area is 71.4 Å². The molecule has 0 amide bonds. The van der Waals surface area contributed by atoms with Crippen molar-refractivity contribution in [3.8, 4) is 0 Å². The van der Waals surface area contributed by atoms with Gasteiger partial charge in [-0.1, -0.05) is 0 Å². The minimum atomic E-state index is 0. The molecule has 2 rings (SSSR count). The number of hydrogen-bond donors (Lipinski definition) is 1. The van der Waals surface area contributed by atoms with Crippen LogP contribution in [-0.2, 0) is 0 Å². The topological polar surface area (TPSA) is 42.7 Å². The first-order valence-electron chi connectivity index (χ1n) is 3.51. The van der Waals surface area contributed by atoms with Gasteiger partial charge >= 0.3 is 0 Å². The Hall–Kier alpha value is -0.610. The molecule has 11 heavy (non-hydrogen) atoms. The van der Waals surface area contributed by atoms with Crippen LogP contribution in [-0.4, -0.2) is 27.9 Å². The largest absolute Gasteiger partial charge is 0.315 e. The quantitative estimate of drug-likeness (QED) is 0.663. The van der Waals surface area contributed by atoms with Crippen LogP contribution >= 0.6 is 12.4 Å². The molecular formula is C6H11ClN4. The highest BCUT2D eigenvalue weighted by atomic mass is 35.5. The molecule has 0 saturated carbocycles. The predicted octanol–water partition coefficient (Wildman–Crippen LogP) is 0.234. The minimum Gasteiger partial charge on any atom is -0.315 e. The van der Waals surface area contributed by atoms with E-state index in [1.54, 1.807) is 12.7 Å². The number of halogens is 1. The van der Waals surface area contributed by atoms with Gasteiger partial charge in [0.05, 0.1) is 6.04 Å². The SMILES string of the molecule is Cl.c1ncn(C2CCNC2)n1. The molecule has 1 aromatic rings. The van der Waals surface area contributed by atoms with E-state index in [9.17, 15) is 0 Å². The van der Waals surface area contributed by atoms with Crippen LogP contribution in [0.15, 0.2) is 12.7 Å². The molecule has 1 fully saturated rings. The summed E-state index contributed by atoms with van der Waals surface area (Å²) < 4.78 is 1.92. The molecule has 1 atom stereocenters. The van der Waals surface area contributed by atoms with Crippen molar-refractivity contribution in [2.45, 2.75) is 12.5 Å². The molecule has 0 aliphatic carbocycles. The van der Waals surface area contributed by atoms with E-state index in [1.807, 2.05) is 4.68 Å². The Balaban J connectivity index is 0.000000605. The van der Waals surface area contributed by atoms with Gasteiger partial charge in [-0.15, -0.1) is 12.4 Å². The van der Waals surface area contributed by atoms with Gasteiger partial charge < -0.3 is 5.32 Å². The van der Waals surface area contributed by atoms with Crippen LogP contribution in [0, 0.1) is 0 Å². The summed E-state index contributed by atoms with van der Waals surface area (Å²) in [6.45, 7) is 2.13. The summed E-state index contributed by atoms with van der Waals surface area (Å²) in [5.41, 5.74) is 0. The first kappa shape index (κ1) is 8.49. The van der Waals surface area contributed by atoms with Crippen LogP contribution in [0.25, 0.3) is 0 Å². The van der Waals surface area contributed by atoms with Crippen molar-refractivity contribution in [2.24, 2.45) is 0 Å². The van der Waals surface area contributed by atoms with Gasteiger partial charge in [0.2, 0.25) is 0 Å². The Morgan fingerprint density at radius 1 is 1.55 bits per heavy atom. The van der Waals surface area contributed by atoms with Crippen LogP contribution < -0.4 is 5.32 Å². The maximum absolute atomic E-state index is 4.06. The van der Waals surface area contributed by atoms with Gasteiger partial charge in [0.25, 0.3) is 0 Å². The highest BCUT2D eigenvalue weighted by Gasteiger charge is 2.15. The average Bonchev–Trinajstić information content (AvgIpc) is 2.59. The van der Waals surface area contributed by atoms with E-state index in [1.165, 1.54) is 6.42 Å². The third kappa shape index (κ3) is 1.70. The van der Waals surface area contributed by atoms with Gasteiger partial charge in [0, 0.05) is 6.54 Å². The normalized spacial score (nSPS) is 23.1. The summed E-state index contributed by atoms with van der Waals surface area (Å²) in [5.74, 6) is 0. The van der Waals surface area contributed by atoms with E-state index in [-0.39, 0.29) is 12.4 Å². The summed E-state index contributed by atoms with van der Waals surface area (Å²) in [5, 5.41) is 7.34. The van der Waals surface area contributed by atoms with Crippen LogP contribution in [0.4, 0.5) is 0 Å². The van der Waals surface area contributed by atoms with Gasteiger partial charge in [-0.05, 0) is 13.0 Å². The summed E-state index contributed by atoms with van der Waals surface area (Å²) in [4.78, 5) is 3.89. The highest BCUT2D eigenvalue weighted by molar-refractivity contribution is 5.85. The summed E-state index contributed by atoms with van der Waals surface area (Å²) in [6, 6.07) is 0.530. The summed E-state index contributed by atoms with van der Waals surface area (Å²) in [6.07, 6.45) is 4.53. The lowest BCUT2D eigenvalue weighted by Gasteiger charge is -2.05. The van der Waals surface area contributed by atoms with Crippen molar-refractivity contribution in [1.29, 1.82) is 0 Å². The minimum absolute atomic E-state index is 0. The van der Waals surface area contributed by atoms with Gasteiger partial charge in [-0.2, -0.15) is 5.10 Å². The molecule has 1 N–H and O–H groups in total. The van der Waals surface area contributed by atoms with Crippen LogP contribution in [0.3, 0.4) is 0 Å². The summed E-state index contributed by atoms with van der Waals surface area (Å²) in [7, 11) is 0. The Bertz CT molecular complexity index is 192. The molecule has 1 aromatic heterocycles. The zero-order valence-corrected chi connectivity index (χ0v) is 6.92. The number of hydrogen-bond acceptors (Lipinski definition) is 3. The number of rotatable bonds is 1. The van der Waals surface area contributed by atoms with E-state index in [4.69, 9.17) is 0 Å². The lowest BCUT2D eigenvalue weighted by molar-refractivity contribution is 0.489. The van der Waals surface area contributed by atoms with Gasteiger partial charge in [-0.3, -0.25) is 0 Å². The number of aromatic nitrogens is 3. The molecule has 1 aliphatic rings. The highest BCUT2D eigenvalue weighted by Crippen LogP contribution is 2.11. The van der Waals surface area contributed by atoms with Gasteiger partial charge in [0.1, 0.15) is 12.7 Å². The van der Waals surface area contributed by atoms with Crippen LogP contribution in [0.1, 0.15) is 12.5 Å². The molecule has 0 radical (unpaired) electrons. The lowest BCUT2D eigenvalue weighted by Crippen LogP contribution is -2.13. The summed E-state index contributed by atoms with van der Waals surface area (Å²) >= 11 is 0. The molecule has 5 heteroatoms. The molecule has 1 unspecified atom stereocenters.